The lowest BCUT2D eigenvalue weighted by Crippen LogP contribution is -2.28. The molecule has 0 radical (unpaired) electrons. The number of furan rings is 1. The van der Waals surface area contributed by atoms with Gasteiger partial charge in [-0.3, -0.25) is 4.79 Å². The molecule has 3 aromatic heterocycles. The van der Waals surface area contributed by atoms with Crippen LogP contribution >= 0.6 is 11.6 Å². The Labute approximate surface area is 160 Å². The predicted molar refractivity (Wildman–Crippen MR) is 96.7 cm³/mol. The molecule has 27 heavy (non-hydrogen) atoms. The number of amides is 1. The van der Waals surface area contributed by atoms with E-state index in [0.717, 1.165) is 11.4 Å². The average Bonchev–Trinajstić information content (AvgIpc) is 3.27. The quantitative estimate of drug-likeness (QED) is 0.651. The Balaban J connectivity index is 1.64. The lowest BCUT2D eigenvalue weighted by Gasteiger charge is -2.09. The Morgan fingerprint density at radius 1 is 1.30 bits per heavy atom. The summed E-state index contributed by atoms with van der Waals surface area (Å²) in [6.07, 6.45) is 1.50. The van der Waals surface area contributed by atoms with E-state index >= 15 is 0 Å². The van der Waals surface area contributed by atoms with E-state index in [9.17, 15) is 9.59 Å². The maximum absolute atomic E-state index is 12.3. The van der Waals surface area contributed by atoms with E-state index in [-0.39, 0.29) is 17.3 Å². The first-order valence-electron chi connectivity index (χ1n) is 8.10. The van der Waals surface area contributed by atoms with Gasteiger partial charge in [0, 0.05) is 5.69 Å². The third-order valence-electron chi connectivity index (χ3n) is 3.63. The summed E-state index contributed by atoms with van der Waals surface area (Å²) < 4.78 is 11.7. The maximum atomic E-state index is 12.3. The van der Waals surface area contributed by atoms with Gasteiger partial charge in [-0.05, 0) is 44.2 Å². The zero-order chi connectivity index (χ0) is 19.4. The van der Waals surface area contributed by atoms with Gasteiger partial charge in [-0.2, -0.15) is 5.10 Å². The third kappa shape index (κ3) is 4.53. The molecule has 1 N–H and O–H groups in total. The van der Waals surface area contributed by atoms with Gasteiger partial charge in [-0.15, -0.1) is 0 Å². The Kier molecular flexibility index (Phi) is 5.56. The highest BCUT2D eigenvalue weighted by Gasteiger charge is 2.18. The monoisotopic (exact) mass is 388 g/mol. The molecule has 8 nitrogen and oxygen atoms in total. The lowest BCUT2D eigenvalue weighted by atomic mass is 10.3. The van der Waals surface area contributed by atoms with Crippen LogP contribution in [0.1, 0.15) is 27.6 Å². The highest BCUT2D eigenvalue weighted by atomic mass is 35.5. The number of carbonyl (C=O) groups excluding carboxylic acids is 2. The molecular weight excluding hydrogens is 372 g/mol. The summed E-state index contributed by atoms with van der Waals surface area (Å²) in [5.74, 6) is -0.238. The van der Waals surface area contributed by atoms with E-state index in [2.05, 4.69) is 15.4 Å². The SMILES string of the molecule is Cc1cc(C)n(-c2ccc(Cl)c(C(=O)OCC(=O)NCc3ccco3)n2)n1. The highest BCUT2D eigenvalue weighted by Crippen LogP contribution is 2.18. The van der Waals surface area contributed by atoms with Crippen LogP contribution in [-0.4, -0.2) is 33.2 Å². The van der Waals surface area contributed by atoms with E-state index in [4.69, 9.17) is 20.8 Å². The van der Waals surface area contributed by atoms with Crippen LogP contribution in [0, 0.1) is 13.8 Å². The third-order valence-corrected chi connectivity index (χ3v) is 3.93. The zero-order valence-corrected chi connectivity index (χ0v) is 15.5. The van der Waals surface area contributed by atoms with E-state index in [1.165, 1.54) is 12.3 Å². The number of carbonyl (C=O) groups is 2. The first-order valence-corrected chi connectivity index (χ1v) is 8.48. The standard InChI is InChI=1S/C18H17ClN4O4/c1-11-8-12(2)23(22-11)15-6-5-14(19)17(21-15)18(25)27-10-16(24)20-9-13-4-3-7-26-13/h3-8H,9-10H2,1-2H3,(H,20,24). The second-order valence-corrected chi connectivity index (χ2v) is 6.18. The van der Waals surface area contributed by atoms with Crippen LogP contribution in [0.2, 0.25) is 5.02 Å². The molecule has 0 spiro atoms. The van der Waals surface area contributed by atoms with Crippen LogP contribution in [0.5, 0.6) is 0 Å². The Morgan fingerprint density at radius 3 is 2.78 bits per heavy atom. The van der Waals surface area contributed by atoms with Crippen LogP contribution in [0.15, 0.2) is 41.0 Å². The second-order valence-electron chi connectivity index (χ2n) is 5.77. The van der Waals surface area contributed by atoms with Crippen molar-refractivity contribution in [2.45, 2.75) is 20.4 Å². The molecule has 0 bridgehead atoms. The normalized spacial score (nSPS) is 10.6. The summed E-state index contributed by atoms with van der Waals surface area (Å²) in [4.78, 5) is 28.3. The first-order chi connectivity index (χ1) is 12.9. The summed E-state index contributed by atoms with van der Waals surface area (Å²) in [7, 11) is 0. The highest BCUT2D eigenvalue weighted by molar-refractivity contribution is 6.33. The van der Waals surface area contributed by atoms with Crippen LogP contribution < -0.4 is 5.32 Å². The minimum Gasteiger partial charge on any atom is -0.467 e. The number of ether oxygens (including phenoxy) is 1. The summed E-state index contributed by atoms with van der Waals surface area (Å²) in [6, 6.07) is 8.51. The first kappa shape index (κ1) is 18.7. The van der Waals surface area contributed by atoms with Gasteiger partial charge in [0.1, 0.15) is 5.76 Å². The van der Waals surface area contributed by atoms with Crippen molar-refractivity contribution in [1.29, 1.82) is 0 Å². The fourth-order valence-electron chi connectivity index (χ4n) is 2.40. The van der Waals surface area contributed by atoms with E-state index in [1.54, 1.807) is 22.9 Å². The van der Waals surface area contributed by atoms with Gasteiger partial charge in [-0.25, -0.2) is 14.5 Å². The van der Waals surface area contributed by atoms with Crippen LogP contribution in [0.3, 0.4) is 0 Å². The number of rotatable bonds is 6. The van der Waals surface area contributed by atoms with E-state index < -0.39 is 18.5 Å². The number of nitrogens with one attached hydrogen (secondary N) is 1. The fraction of sp³-hybridized carbons (Fsp3) is 0.222. The largest absolute Gasteiger partial charge is 0.467 e. The molecule has 0 aromatic carbocycles. The van der Waals surface area contributed by atoms with Gasteiger partial charge in [0.2, 0.25) is 0 Å². The second kappa shape index (κ2) is 8.05. The molecule has 9 heteroatoms. The topological polar surface area (TPSA) is 99.2 Å². The van der Waals surface area contributed by atoms with Crippen molar-refractivity contribution >= 4 is 23.5 Å². The van der Waals surface area contributed by atoms with Gasteiger partial charge in [0.15, 0.2) is 18.1 Å². The molecular formula is C18H17ClN4O4. The van der Waals surface area contributed by atoms with Crippen molar-refractivity contribution < 1.29 is 18.7 Å². The van der Waals surface area contributed by atoms with Crippen molar-refractivity contribution in [1.82, 2.24) is 20.1 Å². The van der Waals surface area contributed by atoms with Crippen LogP contribution in [0.25, 0.3) is 5.82 Å². The Bertz CT molecular complexity index is 966. The predicted octanol–water partition coefficient (Wildman–Crippen LogP) is 2.60. The smallest absolute Gasteiger partial charge is 0.359 e. The molecule has 140 valence electrons. The zero-order valence-electron chi connectivity index (χ0n) is 14.7. The van der Waals surface area contributed by atoms with Gasteiger partial charge in [-0.1, -0.05) is 11.6 Å². The number of halogens is 1. The molecule has 0 aliphatic rings. The molecule has 3 rings (SSSR count). The number of hydrogen-bond donors (Lipinski definition) is 1. The molecule has 0 fully saturated rings. The molecule has 3 aromatic rings. The van der Waals surface area contributed by atoms with Crippen molar-refractivity contribution in [3.63, 3.8) is 0 Å². The van der Waals surface area contributed by atoms with Gasteiger partial charge in [0.05, 0.1) is 23.5 Å². The average molecular weight is 389 g/mol. The number of hydrogen-bond acceptors (Lipinski definition) is 6. The summed E-state index contributed by atoms with van der Waals surface area (Å²) >= 11 is 6.06. The van der Waals surface area contributed by atoms with Crippen molar-refractivity contribution in [3.05, 3.63) is 64.5 Å². The molecule has 0 unspecified atom stereocenters. The Hall–Kier alpha value is -3.13. The summed E-state index contributed by atoms with van der Waals surface area (Å²) in [6.45, 7) is 3.48. The number of nitrogens with zero attached hydrogens (tertiary/aromatic N) is 3. The molecule has 0 aliphatic heterocycles. The fourth-order valence-corrected chi connectivity index (χ4v) is 2.59. The summed E-state index contributed by atoms with van der Waals surface area (Å²) in [5.41, 5.74) is 1.60. The Morgan fingerprint density at radius 2 is 2.11 bits per heavy atom. The number of esters is 1. The molecule has 1 amide bonds. The summed E-state index contributed by atoms with van der Waals surface area (Å²) in [5, 5.41) is 7.02. The van der Waals surface area contributed by atoms with Crippen LogP contribution in [0.4, 0.5) is 0 Å². The molecule has 0 saturated carbocycles. The molecule has 0 atom stereocenters. The number of aryl methyl sites for hydroxylation is 2. The lowest BCUT2D eigenvalue weighted by molar-refractivity contribution is -0.124. The minimum atomic E-state index is -0.795. The number of pyridine rings is 1. The molecule has 0 saturated heterocycles. The molecule has 0 aliphatic carbocycles. The minimum absolute atomic E-state index is 0.0828. The van der Waals surface area contributed by atoms with Gasteiger partial charge in [0.25, 0.3) is 5.91 Å². The van der Waals surface area contributed by atoms with Crippen molar-refractivity contribution in [3.8, 4) is 5.82 Å². The van der Waals surface area contributed by atoms with Crippen LogP contribution in [-0.2, 0) is 16.1 Å². The maximum Gasteiger partial charge on any atom is 0.359 e. The number of aromatic nitrogens is 3. The van der Waals surface area contributed by atoms with Gasteiger partial charge >= 0.3 is 5.97 Å². The molecule has 3 heterocycles. The van der Waals surface area contributed by atoms with Crippen molar-refractivity contribution in [2.24, 2.45) is 0 Å². The van der Waals surface area contributed by atoms with Gasteiger partial charge < -0.3 is 14.5 Å². The van der Waals surface area contributed by atoms with Crippen molar-refractivity contribution in [2.75, 3.05) is 6.61 Å². The van der Waals surface area contributed by atoms with E-state index in [0.29, 0.717) is 11.6 Å². The van der Waals surface area contributed by atoms with E-state index in [1.807, 2.05) is 19.9 Å².